The van der Waals surface area contributed by atoms with Gasteiger partial charge in [0.15, 0.2) is 0 Å². The van der Waals surface area contributed by atoms with Gasteiger partial charge in [-0.25, -0.2) is 9.97 Å². The molecule has 1 heterocycles. The molecule has 0 atom stereocenters. The summed E-state index contributed by atoms with van der Waals surface area (Å²) in [5, 5.41) is 4.11. The Morgan fingerprint density at radius 1 is 1.06 bits per heavy atom. The third kappa shape index (κ3) is 3.08. The Morgan fingerprint density at radius 3 is 2.50 bits per heavy atom. The van der Waals surface area contributed by atoms with E-state index in [-0.39, 0.29) is 5.28 Å². The third-order valence-electron chi connectivity index (χ3n) is 2.01. The number of rotatable bonds is 3. The van der Waals surface area contributed by atoms with E-state index in [0.717, 1.165) is 10.6 Å². The molecule has 0 aliphatic rings. The summed E-state index contributed by atoms with van der Waals surface area (Å²) in [6, 6.07) is 9.38. The lowest BCUT2D eigenvalue weighted by molar-refractivity contribution is 1.08. The number of anilines is 1. The van der Waals surface area contributed by atoms with Crippen LogP contribution in [0.2, 0.25) is 10.3 Å². The van der Waals surface area contributed by atoms with Crippen molar-refractivity contribution in [3.8, 4) is 0 Å². The Hall–Kier alpha value is -1.32. The monoisotopic (exact) mass is 253 g/mol. The molecule has 2 aromatic rings. The first-order chi connectivity index (χ1) is 7.74. The van der Waals surface area contributed by atoms with Crippen LogP contribution in [-0.2, 0) is 6.54 Å². The van der Waals surface area contributed by atoms with Crippen molar-refractivity contribution in [2.45, 2.75) is 6.54 Å². The molecule has 16 heavy (non-hydrogen) atoms. The summed E-state index contributed by atoms with van der Waals surface area (Å²) in [4.78, 5) is 7.83. The predicted molar refractivity (Wildman–Crippen MR) is 65.8 cm³/mol. The van der Waals surface area contributed by atoms with E-state index in [0.29, 0.717) is 12.4 Å². The van der Waals surface area contributed by atoms with Crippen molar-refractivity contribution in [2.24, 2.45) is 0 Å². The van der Waals surface area contributed by atoms with E-state index in [2.05, 4.69) is 15.3 Å². The fourth-order valence-corrected chi connectivity index (χ4v) is 1.50. The molecule has 0 unspecified atom stereocenters. The van der Waals surface area contributed by atoms with E-state index in [1.807, 2.05) is 24.3 Å². The van der Waals surface area contributed by atoms with Gasteiger partial charge in [0, 0.05) is 17.8 Å². The molecule has 0 saturated carbocycles. The maximum atomic E-state index is 5.79. The second-order valence-electron chi connectivity index (χ2n) is 3.19. The Morgan fingerprint density at radius 2 is 1.81 bits per heavy atom. The first-order valence-corrected chi connectivity index (χ1v) is 5.46. The van der Waals surface area contributed by atoms with Gasteiger partial charge in [-0.05, 0) is 35.4 Å². The van der Waals surface area contributed by atoms with Crippen molar-refractivity contribution >= 4 is 29.0 Å². The fourth-order valence-electron chi connectivity index (χ4n) is 1.23. The number of aromatic nitrogens is 2. The first-order valence-electron chi connectivity index (χ1n) is 4.71. The Labute approximate surface area is 103 Å². The molecule has 2 rings (SSSR count). The maximum absolute atomic E-state index is 5.79. The minimum absolute atomic E-state index is 0.237. The van der Waals surface area contributed by atoms with E-state index < -0.39 is 0 Å². The molecule has 0 aliphatic carbocycles. The molecule has 0 amide bonds. The predicted octanol–water partition coefficient (Wildman–Crippen LogP) is 3.40. The van der Waals surface area contributed by atoms with Gasteiger partial charge in [0.2, 0.25) is 5.28 Å². The number of nitrogens with one attached hydrogen (secondary N) is 1. The van der Waals surface area contributed by atoms with Gasteiger partial charge in [0.25, 0.3) is 0 Å². The van der Waals surface area contributed by atoms with Gasteiger partial charge < -0.3 is 5.32 Å². The van der Waals surface area contributed by atoms with E-state index in [4.69, 9.17) is 23.2 Å². The molecule has 5 heteroatoms. The highest BCUT2D eigenvalue weighted by atomic mass is 35.5. The second-order valence-corrected chi connectivity index (χ2v) is 3.97. The summed E-state index contributed by atoms with van der Waals surface area (Å²) < 4.78 is 0. The van der Waals surface area contributed by atoms with Crippen molar-refractivity contribution in [3.63, 3.8) is 0 Å². The highest BCUT2D eigenvalue weighted by Gasteiger charge is 1.97. The normalized spacial score (nSPS) is 10.1. The molecule has 0 radical (unpaired) electrons. The van der Waals surface area contributed by atoms with Crippen LogP contribution in [0.25, 0.3) is 0 Å². The molecular weight excluding hydrogens is 245 g/mol. The van der Waals surface area contributed by atoms with Gasteiger partial charge >= 0.3 is 0 Å². The average molecular weight is 254 g/mol. The van der Waals surface area contributed by atoms with Crippen molar-refractivity contribution in [1.82, 2.24) is 9.97 Å². The summed E-state index contributed by atoms with van der Waals surface area (Å²) >= 11 is 11.5. The summed E-state index contributed by atoms with van der Waals surface area (Å²) in [5.41, 5.74) is 1.12. The highest BCUT2D eigenvalue weighted by molar-refractivity contribution is 6.30. The fraction of sp³-hybridized carbons (Fsp3) is 0.0909. The lowest BCUT2D eigenvalue weighted by atomic mass is 10.2. The lowest BCUT2D eigenvalue weighted by Crippen LogP contribution is -2.01. The molecule has 0 spiro atoms. The van der Waals surface area contributed by atoms with Crippen LogP contribution in [0.5, 0.6) is 0 Å². The molecular formula is C11H9Cl2N3. The number of hydrogen-bond donors (Lipinski definition) is 1. The Kier molecular flexibility index (Phi) is 3.59. The molecule has 0 aliphatic heterocycles. The molecule has 3 nitrogen and oxygen atoms in total. The number of nitrogens with zero attached hydrogens (tertiary/aromatic N) is 2. The van der Waals surface area contributed by atoms with Crippen LogP contribution in [0.4, 0.5) is 5.82 Å². The topological polar surface area (TPSA) is 37.8 Å². The zero-order valence-electron chi connectivity index (χ0n) is 8.32. The SMILES string of the molecule is Clc1ccc(CNc2ccnc(Cl)n2)cc1. The standard InChI is InChI=1S/C11H9Cl2N3/c12-9-3-1-8(2-4-9)7-15-10-5-6-14-11(13)16-10/h1-6H,7H2,(H,14,15,16). The van der Waals surface area contributed by atoms with Gasteiger partial charge in [-0.2, -0.15) is 0 Å². The van der Waals surface area contributed by atoms with Crippen molar-refractivity contribution in [2.75, 3.05) is 5.32 Å². The van der Waals surface area contributed by atoms with E-state index in [1.165, 1.54) is 0 Å². The van der Waals surface area contributed by atoms with Crippen LogP contribution in [-0.4, -0.2) is 9.97 Å². The van der Waals surface area contributed by atoms with Gasteiger partial charge in [-0.15, -0.1) is 0 Å². The van der Waals surface area contributed by atoms with Gasteiger partial charge in [0.1, 0.15) is 5.82 Å². The molecule has 0 bridgehead atoms. The van der Waals surface area contributed by atoms with Gasteiger partial charge in [-0.1, -0.05) is 23.7 Å². The average Bonchev–Trinajstić information content (AvgIpc) is 2.28. The zero-order valence-corrected chi connectivity index (χ0v) is 9.83. The summed E-state index contributed by atoms with van der Waals surface area (Å²) in [7, 11) is 0. The minimum atomic E-state index is 0.237. The van der Waals surface area contributed by atoms with Crippen LogP contribution in [0.1, 0.15) is 5.56 Å². The molecule has 0 fully saturated rings. The van der Waals surface area contributed by atoms with Gasteiger partial charge in [0.05, 0.1) is 0 Å². The summed E-state index contributed by atoms with van der Waals surface area (Å²) in [6.45, 7) is 0.671. The second kappa shape index (κ2) is 5.14. The van der Waals surface area contributed by atoms with E-state index in [9.17, 15) is 0 Å². The van der Waals surface area contributed by atoms with Crippen LogP contribution in [0.3, 0.4) is 0 Å². The molecule has 1 N–H and O–H groups in total. The van der Waals surface area contributed by atoms with Crippen LogP contribution >= 0.6 is 23.2 Å². The number of hydrogen-bond acceptors (Lipinski definition) is 3. The largest absolute Gasteiger partial charge is 0.366 e. The molecule has 1 aromatic heterocycles. The third-order valence-corrected chi connectivity index (χ3v) is 2.45. The maximum Gasteiger partial charge on any atom is 0.224 e. The highest BCUT2D eigenvalue weighted by Crippen LogP contribution is 2.11. The minimum Gasteiger partial charge on any atom is -0.366 e. The van der Waals surface area contributed by atoms with Crippen molar-refractivity contribution in [3.05, 3.63) is 52.4 Å². The Balaban J connectivity index is 1.99. The quantitative estimate of drug-likeness (QED) is 0.853. The number of halogens is 2. The van der Waals surface area contributed by atoms with E-state index in [1.54, 1.807) is 12.3 Å². The smallest absolute Gasteiger partial charge is 0.224 e. The van der Waals surface area contributed by atoms with Gasteiger partial charge in [-0.3, -0.25) is 0 Å². The molecule has 1 aromatic carbocycles. The zero-order chi connectivity index (χ0) is 11.4. The number of benzene rings is 1. The summed E-state index contributed by atoms with van der Waals surface area (Å²) in [5.74, 6) is 0.704. The van der Waals surface area contributed by atoms with Crippen LogP contribution in [0.15, 0.2) is 36.5 Å². The first kappa shape index (κ1) is 11.2. The van der Waals surface area contributed by atoms with Crippen LogP contribution in [0, 0.1) is 0 Å². The lowest BCUT2D eigenvalue weighted by Gasteiger charge is -2.05. The Bertz CT molecular complexity index is 471. The van der Waals surface area contributed by atoms with Crippen molar-refractivity contribution < 1.29 is 0 Å². The molecule has 82 valence electrons. The van der Waals surface area contributed by atoms with E-state index >= 15 is 0 Å². The van der Waals surface area contributed by atoms with Crippen molar-refractivity contribution in [1.29, 1.82) is 0 Å². The van der Waals surface area contributed by atoms with Crippen LogP contribution < -0.4 is 5.32 Å². The molecule has 0 saturated heterocycles. The summed E-state index contributed by atoms with van der Waals surface area (Å²) in [6.07, 6.45) is 1.61.